The monoisotopic (exact) mass is 340 g/mol. The van der Waals surface area contributed by atoms with E-state index in [0.29, 0.717) is 6.61 Å². The lowest BCUT2D eigenvalue weighted by molar-refractivity contribution is 0.304. The number of hydrogen-bond acceptors (Lipinski definition) is 1. The van der Waals surface area contributed by atoms with Crippen molar-refractivity contribution in [3.8, 4) is 5.75 Å². The fraction of sp³-hybridized carbons (Fsp3) is 0.158. The predicted molar refractivity (Wildman–Crippen MR) is 92.1 cm³/mol. The van der Waals surface area contributed by atoms with Crippen LogP contribution < -0.4 is 4.74 Å². The van der Waals surface area contributed by atoms with Crippen LogP contribution in [0.25, 0.3) is 10.8 Å². The van der Waals surface area contributed by atoms with Gasteiger partial charge in [-0.2, -0.15) is 0 Å². The Morgan fingerprint density at radius 2 is 1.67 bits per heavy atom. The first kappa shape index (κ1) is 14.2. The van der Waals surface area contributed by atoms with Gasteiger partial charge in [-0.25, -0.2) is 0 Å². The third kappa shape index (κ3) is 3.11. The van der Waals surface area contributed by atoms with Crippen LogP contribution >= 0.6 is 15.9 Å². The van der Waals surface area contributed by atoms with E-state index in [1.807, 2.05) is 0 Å². The molecule has 0 spiro atoms. The first-order valence-corrected chi connectivity index (χ1v) is 8.15. The molecule has 3 rings (SSSR count). The maximum Gasteiger partial charge on any atom is 0.124 e. The van der Waals surface area contributed by atoms with Crippen molar-refractivity contribution in [3.63, 3.8) is 0 Å². The van der Waals surface area contributed by atoms with Gasteiger partial charge in [0.2, 0.25) is 0 Å². The molecule has 0 N–H and O–H groups in total. The molecule has 106 valence electrons. The Kier molecular flexibility index (Phi) is 4.26. The van der Waals surface area contributed by atoms with Crippen molar-refractivity contribution in [2.45, 2.75) is 18.9 Å². The molecule has 0 aliphatic rings. The molecular formula is C19H17BrO. The SMILES string of the molecule is Cc1ccc(COc2ccc3ccccc3c2CBr)cc1. The van der Waals surface area contributed by atoms with E-state index in [0.717, 1.165) is 11.1 Å². The molecule has 0 saturated carbocycles. The van der Waals surface area contributed by atoms with Gasteiger partial charge in [-0.1, -0.05) is 76.1 Å². The molecule has 3 aromatic rings. The van der Waals surface area contributed by atoms with Crippen LogP contribution in [0.15, 0.2) is 60.7 Å². The largest absolute Gasteiger partial charge is 0.489 e. The van der Waals surface area contributed by atoms with Gasteiger partial charge in [-0.05, 0) is 29.3 Å². The fourth-order valence-electron chi connectivity index (χ4n) is 2.43. The van der Waals surface area contributed by atoms with Crippen LogP contribution in [0, 0.1) is 6.92 Å². The summed E-state index contributed by atoms with van der Waals surface area (Å²) in [6.45, 7) is 2.69. The number of rotatable bonds is 4. The summed E-state index contributed by atoms with van der Waals surface area (Å²) in [5, 5.41) is 3.28. The number of benzene rings is 3. The lowest BCUT2D eigenvalue weighted by atomic mass is 10.0. The number of hydrogen-bond donors (Lipinski definition) is 0. The summed E-state index contributed by atoms with van der Waals surface area (Å²) >= 11 is 3.59. The molecule has 0 aliphatic heterocycles. The minimum atomic E-state index is 0.596. The van der Waals surface area contributed by atoms with Gasteiger partial charge >= 0.3 is 0 Å². The highest BCUT2D eigenvalue weighted by molar-refractivity contribution is 9.08. The van der Waals surface area contributed by atoms with E-state index in [4.69, 9.17) is 4.74 Å². The number of alkyl halides is 1. The van der Waals surface area contributed by atoms with Crippen molar-refractivity contribution in [1.29, 1.82) is 0 Å². The van der Waals surface area contributed by atoms with Gasteiger partial charge in [0.1, 0.15) is 12.4 Å². The number of halogens is 1. The lowest BCUT2D eigenvalue weighted by Gasteiger charge is -2.13. The van der Waals surface area contributed by atoms with Crippen LogP contribution in [0.5, 0.6) is 5.75 Å². The second-order valence-corrected chi connectivity index (χ2v) is 5.73. The molecule has 0 aliphatic carbocycles. The molecule has 0 heterocycles. The van der Waals surface area contributed by atoms with Crippen molar-refractivity contribution in [3.05, 3.63) is 77.4 Å². The number of ether oxygens (including phenoxy) is 1. The van der Waals surface area contributed by atoms with Crippen LogP contribution in [0.3, 0.4) is 0 Å². The molecule has 0 atom stereocenters. The van der Waals surface area contributed by atoms with Crippen molar-refractivity contribution in [2.24, 2.45) is 0 Å². The van der Waals surface area contributed by atoms with E-state index in [1.165, 1.54) is 27.5 Å². The standard InChI is InChI=1S/C19H17BrO/c1-14-6-8-15(9-7-14)13-21-19-11-10-16-4-2-3-5-17(16)18(19)12-20/h2-11H,12-13H2,1H3. The lowest BCUT2D eigenvalue weighted by Crippen LogP contribution is -1.98. The first-order valence-electron chi connectivity index (χ1n) is 7.03. The third-order valence-corrected chi connectivity index (χ3v) is 4.21. The molecule has 2 heteroatoms. The van der Waals surface area contributed by atoms with Gasteiger partial charge in [-0.15, -0.1) is 0 Å². The van der Waals surface area contributed by atoms with Crippen molar-refractivity contribution in [1.82, 2.24) is 0 Å². The molecule has 0 amide bonds. The molecular weight excluding hydrogens is 324 g/mol. The summed E-state index contributed by atoms with van der Waals surface area (Å²) in [7, 11) is 0. The Bertz CT molecular complexity index is 747. The van der Waals surface area contributed by atoms with Crippen LogP contribution in [0.2, 0.25) is 0 Å². The topological polar surface area (TPSA) is 9.23 Å². The second-order valence-electron chi connectivity index (χ2n) is 5.17. The zero-order chi connectivity index (χ0) is 14.7. The smallest absolute Gasteiger partial charge is 0.124 e. The van der Waals surface area contributed by atoms with E-state index < -0.39 is 0 Å². The Balaban J connectivity index is 1.88. The first-order chi connectivity index (χ1) is 10.3. The van der Waals surface area contributed by atoms with Crippen LogP contribution in [-0.2, 0) is 11.9 Å². The van der Waals surface area contributed by atoms with Gasteiger partial charge in [0.05, 0.1) is 0 Å². The predicted octanol–water partition coefficient (Wildman–Crippen LogP) is 5.62. The van der Waals surface area contributed by atoms with Crippen LogP contribution in [0.1, 0.15) is 16.7 Å². The second kappa shape index (κ2) is 6.31. The Hall–Kier alpha value is -1.80. The third-order valence-electron chi connectivity index (χ3n) is 3.65. The van der Waals surface area contributed by atoms with Gasteiger partial charge < -0.3 is 4.74 Å². The minimum Gasteiger partial charge on any atom is -0.489 e. The summed E-state index contributed by atoms with van der Waals surface area (Å²) in [6, 6.07) is 21.0. The van der Waals surface area contributed by atoms with Gasteiger partial charge in [0.25, 0.3) is 0 Å². The zero-order valence-electron chi connectivity index (χ0n) is 12.0. The Labute approximate surface area is 133 Å². The molecule has 0 bridgehead atoms. The van der Waals surface area contributed by atoms with Gasteiger partial charge in [0.15, 0.2) is 0 Å². The Morgan fingerprint density at radius 3 is 2.43 bits per heavy atom. The summed E-state index contributed by atoms with van der Waals surface area (Å²) in [5.41, 5.74) is 3.67. The van der Waals surface area contributed by atoms with E-state index >= 15 is 0 Å². The normalized spacial score (nSPS) is 10.8. The fourth-order valence-corrected chi connectivity index (χ4v) is 3.01. The average molecular weight is 341 g/mol. The Morgan fingerprint density at radius 1 is 0.905 bits per heavy atom. The summed E-state index contributed by atoms with van der Waals surface area (Å²) < 4.78 is 6.03. The van der Waals surface area contributed by atoms with Crippen LogP contribution in [-0.4, -0.2) is 0 Å². The van der Waals surface area contributed by atoms with E-state index in [1.54, 1.807) is 0 Å². The summed E-state index contributed by atoms with van der Waals surface area (Å²) in [6.07, 6.45) is 0. The quantitative estimate of drug-likeness (QED) is 0.560. The maximum absolute atomic E-state index is 6.03. The molecule has 21 heavy (non-hydrogen) atoms. The molecule has 3 aromatic carbocycles. The van der Waals surface area contributed by atoms with Crippen molar-refractivity contribution >= 4 is 26.7 Å². The minimum absolute atomic E-state index is 0.596. The molecule has 0 saturated heterocycles. The van der Waals surface area contributed by atoms with Gasteiger partial charge in [0, 0.05) is 10.9 Å². The maximum atomic E-state index is 6.03. The highest BCUT2D eigenvalue weighted by atomic mass is 79.9. The molecule has 0 fully saturated rings. The van der Waals surface area contributed by atoms with E-state index in [9.17, 15) is 0 Å². The number of aryl methyl sites for hydroxylation is 1. The summed E-state index contributed by atoms with van der Waals surface area (Å²) in [5.74, 6) is 0.950. The van der Waals surface area contributed by atoms with Crippen LogP contribution in [0.4, 0.5) is 0 Å². The average Bonchev–Trinajstić information content (AvgIpc) is 2.53. The number of fused-ring (bicyclic) bond motifs is 1. The molecule has 1 nitrogen and oxygen atoms in total. The highest BCUT2D eigenvalue weighted by Gasteiger charge is 2.07. The van der Waals surface area contributed by atoms with Gasteiger partial charge in [-0.3, -0.25) is 0 Å². The van der Waals surface area contributed by atoms with Crippen molar-refractivity contribution in [2.75, 3.05) is 0 Å². The zero-order valence-corrected chi connectivity index (χ0v) is 13.6. The molecule has 0 unspecified atom stereocenters. The van der Waals surface area contributed by atoms with E-state index in [2.05, 4.69) is 83.5 Å². The molecule has 0 aromatic heterocycles. The van der Waals surface area contributed by atoms with E-state index in [-0.39, 0.29) is 0 Å². The molecule has 0 radical (unpaired) electrons. The van der Waals surface area contributed by atoms with Crippen molar-refractivity contribution < 1.29 is 4.74 Å². The summed E-state index contributed by atoms with van der Waals surface area (Å²) in [4.78, 5) is 0. The highest BCUT2D eigenvalue weighted by Crippen LogP contribution is 2.30.